The van der Waals surface area contributed by atoms with Crippen molar-refractivity contribution in [1.82, 2.24) is 4.90 Å². The summed E-state index contributed by atoms with van der Waals surface area (Å²) in [7, 11) is 1.75. The molecule has 1 aromatic rings. The van der Waals surface area contributed by atoms with Gasteiger partial charge in [0.05, 0.1) is 7.11 Å². The maximum Gasteiger partial charge on any atom is 0.118 e. The van der Waals surface area contributed by atoms with Crippen LogP contribution in [0.4, 0.5) is 0 Å². The van der Waals surface area contributed by atoms with Crippen molar-refractivity contribution in [2.24, 2.45) is 16.7 Å². The summed E-state index contributed by atoms with van der Waals surface area (Å²) in [5, 5.41) is 0. The highest BCUT2D eigenvalue weighted by Crippen LogP contribution is 2.81. The summed E-state index contributed by atoms with van der Waals surface area (Å²) in [6.07, 6.45) is 12.7. The van der Waals surface area contributed by atoms with Crippen LogP contribution in [0.2, 0.25) is 0 Å². The Labute approximate surface area is 166 Å². The van der Waals surface area contributed by atoms with Gasteiger partial charge in [-0.2, -0.15) is 0 Å². The Kier molecular flexibility index (Phi) is 5.08. The average Bonchev–Trinajstić information content (AvgIpc) is 3.10. The molecule has 0 aromatic heterocycles. The van der Waals surface area contributed by atoms with Gasteiger partial charge < -0.3 is 4.74 Å². The van der Waals surface area contributed by atoms with Crippen LogP contribution < -0.4 is 4.74 Å². The normalized spacial score (nSPS) is 36.7. The van der Waals surface area contributed by atoms with Crippen molar-refractivity contribution in [3.05, 3.63) is 29.8 Å². The number of benzene rings is 1. The number of hydrogen-bond acceptors (Lipinski definition) is 2. The second kappa shape index (κ2) is 7.10. The largest absolute Gasteiger partial charge is 0.497 e. The molecule has 0 amide bonds. The molecule has 27 heavy (non-hydrogen) atoms. The fraction of sp³-hybridized carbons (Fsp3) is 0.760. The number of methoxy groups -OCH3 is 1. The molecule has 150 valence electrons. The summed E-state index contributed by atoms with van der Waals surface area (Å²) in [5.41, 5.74) is 3.22. The molecular weight excluding hydrogens is 330 g/mol. The Bertz CT molecular complexity index is 651. The highest BCUT2D eigenvalue weighted by atomic mass is 16.5. The molecule has 2 heteroatoms. The predicted molar refractivity (Wildman–Crippen MR) is 113 cm³/mol. The third-order valence-electron chi connectivity index (χ3n) is 8.22. The second-order valence-corrected chi connectivity index (χ2v) is 10.4. The fourth-order valence-electron chi connectivity index (χ4n) is 7.09. The molecule has 3 fully saturated rings. The van der Waals surface area contributed by atoms with Gasteiger partial charge in [0, 0.05) is 12.1 Å². The summed E-state index contributed by atoms with van der Waals surface area (Å²) >= 11 is 0. The van der Waals surface area contributed by atoms with Gasteiger partial charge in [-0.15, -0.1) is 0 Å². The number of nitrogens with zero attached hydrogens (tertiary/aromatic N) is 1. The van der Waals surface area contributed by atoms with Crippen molar-refractivity contribution < 1.29 is 4.74 Å². The van der Waals surface area contributed by atoms with E-state index in [1.807, 2.05) is 0 Å². The van der Waals surface area contributed by atoms with Gasteiger partial charge in [-0.05, 0) is 79.5 Å². The van der Waals surface area contributed by atoms with Gasteiger partial charge >= 0.3 is 0 Å². The van der Waals surface area contributed by atoms with Crippen LogP contribution in [0, 0.1) is 16.7 Å². The summed E-state index contributed by atoms with van der Waals surface area (Å²) in [5.74, 6) is 1.85. The highest BCUT2D eigenvalue weighted by Gasteiger charge is 2.75. The molecule has 0 N–H and O–H groups in total. The average molecular weight is 370 g/mol. The first-order valence-corrected chi connectivity index (χ1v) is 11.3. The van der Waals surface area contributed by atoms with Crippen LogP contribution in [-0.2, 0) is 6.54 Å². The van der Waals surface area contributed by atoms with E-state index in [1.165, 1.54) is 69.9 Å². The number of rotatable bonds is 9. The lowest BCUT2D eigenvalue weighted by Gasteiger charge is -2.48. The number of fused-ring (bicyclic) bond motifs is 1. The molecule has 2 nitrogen and oxygen atoms in total. The van der Waals surface area contributed by atoms with Gasteiger partial charge in [0.25, 0.3) is 0 Å². The molecule has 3 aliphatic rings. The topological polar surface area (TPSA) is 12.5 Å². The van der Waals surface area contributed by atoms with E-state index in [0.717, 1.165) is 18.2 Å². The molecule has 0 aliphatic heterocycles. The van der Waals surface area contributed by atoms with Crippen LogP contribution in [-0.4, -0.2) is 24.1 Å². The first-order valence-electron chi connectivity index (χ1n) is 11.3. The summed E-state index contributed by atoms with van der Waals surface area (Å²) in [4.78, 5) is 2.92. The lowest BCUT2D eigenvalue weighted by molar-refractivity contribution is 0.0167. The maximum atomic E-state index is 5.36. The molecule has 1 spiro atoms. The zero-order valence-corrected chi connectivity index (χ0v) is 18.0. The molecule has 4 rings (SSSR count). The second-order valence-electron chi connectivity index (χ2n) is 10.4. The molecule has 0 saturated heterocycles. The minimum absolute atomic E-state index is 0.455. The SMILES string of the molecule is CCCCCCN(Cc1ccc(OC)cc1)C12CC(C)CC3(C1)CC3(C)C2. The van der Waals surface area contributed by atoms with Gasteiger partial charge in [-0.1, -0.05) is 52.2 Å². The molecule has 4 unspecified atom stereocenters. The lowest BCUT2D eigenvalue weighted by atomic mass is 9.71. The number of ether oxygens (including phenoxy) is 1. The minimum atomic E-state index is 0.455. The van der Waals surface area contributed by atoms with Crippen molar-refractivity contribution >= 4 is 0 Å². The van der Waals surface area contributed by atoms with E-state index in [4.69, 9.17) is 4.74 Å². The summed E-state index contributed by atoms with van der Waals surface area (Å²) in [6.45, 7) is 9.80. The predicted octanol–water partition coefficient (Wildman–Crippen LogP) is 6.44. The van der Waals surface area contributed by atoms with Crippen molar-refractivity contribution in [3.8, 4) is 5.75 Å². The van der Waals surface area contributed by atoms with Gasteiger partial charge in [-0.25, -0.2) is 0 Å². The first-order chi connectivity index (χ1) is 12.9. The molecule has 1 aromatic carbocycles. The van der Waals surface area contributed by atoms with E-state index >= 15 is 0 Å². The molecular formula is C25H39NO. The van der Waals surface area contributed by atoms with Gasteiger partial charge in [0.1, 0.15) is 5.75 Å². The number of hydrogen-bond donors (Lipinski definition) is 0. The smallest absolute Gasteiger partial charge is 0.118 e. The monoisotopic (exact) mass is 369 g/mol. The quantitative estimate of drug-likeness (QED) is 0.465. The standard InChI is InChI=1S/C25H39NO/c1-5-6-7-8-13-26(16-21-9-11-22(27-4)12-10-21)25-15-20(2)14-24(19-25)17-23(24,3)18-25/h9-12,20H,5-8,13-19H2,1-4H3. The van der Waals surface area contributed by atoms with Crippen LogP contribution >= 0.6 is 0 Å². The van der Waals surface area contributed by atoms with Crippen molar-refractivity contribution in [2.45, 2.75) is 90.6 Å². The Morgan fingerprint density at radius 1 is 1.04 bits per heavy atom. The van der Waals surface area contributed by atoms with Crippen LogP contribution in [0.1, 0.15) is 84.1 Å². The van der Waals surface area contributed by atoms with Gasteiger partial charge in [0.15, 0.2) is 0 Å². The Balaban J connectivity index is 1.54. The zero-order chi connectivity index (χ0) is 19.1. The maximum absolute atomic E-state index is 5.36. The van der Waals surface area contributed by atoms with Crippen LogP contribution in [0.25, 0.3) is 0 Å². The lowest BCUT2D eigenvalue weighted by Crippen LogP contribution is -2.51. The molecule has 4 atom stereocenters. The van der Waals surface area contributed by atoms with Gasteiger partial charge in [0.2, 0.25) is 0 Å². The Morgan fingerprint density at radius 3 is 2.52 bits per heavy atom. The Morgan fingerprint density at radius 2 is 1.81 bits per heavy atom. The zero-order valence-electron chi connectivity index (χ0n) is 18.0. The molecule has 3 saturated carbocycles. The third-order valence-corrected chi connectivity index (χ3v) is 8.22. The molecule has 2 bridgehead atoms. The Hall–Kier alpha value is -1.02. The highest BCUT2D eigenvalue weighted by molar-refractivity contribution is 5.30. The molecule has 0 heterocycles. The minimum Gasteiger partial charge on any atom is -0.497 e. The summed E-state index contributed by atoms with van der Waals surface area (Å²) < 4.78 is 5.36. The van der Waals surface area contributed by atoms with Crippen molar-refractivity contribution in [2.75, 3.05) is 13.7 Å². The van der Waals surface area contributed by atoms with E-state index in [1.54, 1.807) is 7.11 Å². The van der Waals surface area contributed by atoms with E-state index in [0.29, 0.717) is 16.4 Å². The van der Waals surface area contributed by atoms with Crippen molar-refractivity contribution in [1.29, 1.82) is 0 Å². The summed E-state index contributed by atoms with van der Waals surface area (Å²) in [6, 6.07) is 8.79. The van der Waals surface area contributed by atoms with Crippen molar-refractivity contribution in [3.63, 3.8) is 0 Å². The van der Waals surface area contributed by atoms with Gasteiger partial charge in [-0.3, -0.25) is 4.90 Å². The number of unbranched alkanes of at least 4 members (excludes halogenated alkanes) is 3. The van der Waals surface area contributed by atoms with E-state index in [-0.39, 0.29) is 0 Å². The fourth-order valence-corrected chi connectivity index (χ4v) is 7.09. The first kappa shape index (κ1) is 19.3. The van der Waals surface area contributed by atoms with E-state index in [9.17, 15) is 0 Å². The molecule has 0 radical (unpaired) electrons. The van der Waals surface area contributed by atoms with Crippen LogP contribution in [0.5, 0.6) is 5.75 Å². The van der Waals surface area contributed by atoms with E-state index < -0.39 is 0 Å². The van der Waals surface area contributed by atoms with Crippen LogP contribution in [0.3, 0.4) is 0 Å². The molecule has 3 aliphatic carbocycles. The van der Waals surface area contributed by atoms with Crippen LogP contribution in [0.15, 0.2) is 24.3 Å². The third kappa shape index (κ3) is 3.43. The van der Waals surface area contributed by atoms with E-state index in [2.05, 4.69) is 49.9 Å².